The summed E-state index contributed by atoms with van der Waals surface area (Å²) in [6, 6.07) is 10.2. The van der Waals surface area contributed by atoms with Gasteiger partial charge in [-0.3, -0.25) is 0 Å². The van der Waals surface area contributed by atoms with E-state index in [1.165, 1.54) is 5.69 Å². The highest BCUT2D eigenvalue weighted by atomic mass is 35.5. The van der Waals surface area contributed by atoms with Crippen molar-refractivity contribution in [2.45, 2.75) is 0 Å². The van der Waals surface area contributed by atoms with E-state index in [9.17, 15) is 0 Å². The van der Waals surface area contributed by atoms with Crippen LogP contribution in [0.3, 0.4) is 0 Å². The molecule has 70 valence electrons. The number of benzene rings is 1. The van der Waals surface area contributed by atoms with Gasteiger partial charge >= 0.3 is 0 Å². The molecular formula is C11H14ClN. The van der Waals surface area contributed by atoms with Gasteiger partial charge in [0.2, 0.25) is 0 Å². The number of hydrogen-bond donors (Lipinski definition) is 0. The van der Waals surface area contributed by atoms with Crippen molar-refractivity contribution in [2.75, 3.05) is 24.4 Å². The summed E-state index contributed by atoms with van der Waals surface area (Å²) in [5.74, 6) is 0.525. The van der Waals surface area contributed by atoms with Crippen molar-refractivity contribution >= 4 is 17.3 Å². The Morgan fingerprint density at radius 2 is 2.00 bits per heavy atom. The van der Waals surface area contributed by atoms with Crippen molar-refractivity contribution in [1.29, 1.82) is 0 Å². The molecule has 0 radical (unpaired) electrons. The minimum absolute atomic E-state index is 0.525. The summed E-state index contributed by atoms with van der Waals surface area (Å²) in [5.41, 5.74) is 2.22. The Morgan fingerprint density at radius 3 is 2.54 bits per heavy atom. The minimum atomic E-state index is 0.525. The van der Waals surface area contributed by atoms with Gasteiger partial charge in [-0.15, -0.1) is 11.6 Å². The molecule has 0 aliphatic heterocycles. The Bertz CT molecular complexity index is 269. The maximum absolute atomic E-state index is 5.66. The predicted octanol–water partition coefficient (Wildman–Crippen LogP) is 2.92. The Hall–Kier alpha value is -0.950. The molecule has 0 saturated heterocycles. The summed E-state index contributed by atoms with van der Waals surface area (Å²) in [7, 11) is 2.03. The largest absolute Gasteiger partial charge is 0.371 e. The molecule has 0 bridgehead atoms. The molecule has 0 N–H and O–H groups in total. The number of hydrogen-bond acceptors (Lipinski definition) is 1. The Labute approximate surface area is 84.6 Å². The van der Waals surface area contributed by atoms with Crippen LogP contribution in [0.2, 0.25) is 0 Å². The van der Waals surface area contributed by atoms with Crippen molar-refractivity contribution in [3.05, 3.63) is 42.5 Å². The highest BCUT2D eigenvalue weighted by Crippen LogP contribution is 2.12. The molecule has 1 nitrogen and oxygen atoms in total. The number of likely N-dealkylation sites (N-methyl/N-ethyl adjacent to an activating group) is 1. The van der Waals surface area contributed by atoms with Crippen LogP contribution in [-0.2, 0) is 0 Å². The fourth-order valence-corrected chi connectivity index (χ4v) is 1.24. The van der Waals surface area contributed by atoms with Crippen molar-refractivity contribution in [3.63, 3.8) is 0 Å². The van der Waals surface area contributed by atoms with Gasteiger partial charge in [0.15, 0.2) is 0 Å². The second-order valence-corrected chi connectivity index (χ2v) is 3.34. The van der Waals surface area contributed by atoms with Crippen molar-refractivity contribution in [1.82, 2.24) is 0 Å². The van der Waals surface area contributed by atoms with Gasteiger partial charge in [0, 0.05) is 25.2 Å². The average molecular weight is 196 g/mol. The molecule has 0 aliphatic rings. The van der Waals surface area contributed by atoms with E-state index in [0.717, 1.165) is 12.1 Å². The molecule has 0 aromatic heterocycles. The lowest BCUT2D eigenvalue weighted by Crippen LogP contribution is -2.20. The zero-order valence-electron chi connectivity index (χ0n) is 7.83. The van der Waals surface area contributed by atoms with Crippen LogP contribution in [-0.4, -0.2) is 19.5 Å². The maximum atomic E-state index is 5.66. The molecule has 1 aromatic carbocycles. The van der Waals surface area contributed by atoms with Crippen LogP contribution in [0.1, 0.15) is 0 Å². The number of rotatable bonds is 4. The van der Waals surface area contributed by atoms with Crippen LogP contribution in [0, 0.1) is 0 Å². The molecule has 0 spiro atoms. The highest BCUT2D eigenvalue weighted by Gasteiger charge is 2.00. The topological polar surface area (TPSA) is 3.24 Å². The van der Waals surface area contributed by atoms with Crippen molar-refractivity contribution in [2.24, 2.45) is 0 Å². The third kappa shape index (κ3) is 3.11. The monoisotopic (exact) mass is 195 g/mol. The lowest BCUT2D eigenvalue weighted by Gasteiger charge is -2.19. The van der Waals surface area contributed by atoms with Gasteiger partial charge in [-0.2, -0.15) is 0 Å². The van der Waals surface area contributed by atoms with Gasteiger partial charge in [0.05, 0.1) is 0 Å². The summed E-state index contributed by atoms with van der Waals surface area (Å²) in [6.45, 7) is 4.68. The normalized spacial score (nSPS) is 9.69. The van der Waals surface area contributed by atoms with Gasteiger partial charge in [-0.25, -0.2) is 0 Å². The summed E-state index contributed by atoms with van der Waals surface area (Å²) < 4.78 is 0. The smallest absolute Gasteiger partial charge is 0.0448 e. The van der Waals surface area contributed by atoms with Crippen LogP contribution in [0.15, 0.2) is 42.5 Å². The summed E-state index contributed by atoms with van der Waals surface area (Å²) in [5, 5.41) is 0. The molecule has 13 heavy (non-hydrogen) atoms. The molecule has 0 atom stereocenters. The molecule has 0 fully saturated rings. The first-order valence-electron chi connectivity index (χ1n) is 4.23. The molecule has 0 aliphatic carbocycles. The molecule has 2 heteroatoms. The first-order valence-corrected chi connectivity index (χ1v) is 4.76. The quantitative estimate of drug-likeness (QED) is 0.528. The second-order valence-electron chi connectivity index (χ2n) is 3.08. The number of anilines is 1. The van der Waals surface area contributed by atoms with Gasteiger partial charge in [0.25, 0.3) is 0 Å². The Kier molecular flexibility index (Phi) is 3.84. The zero-order chi connectivity index (χ0) is 9.68. The predicted molar refractivity (Wildman–Crippen MR) is 59.6 cm³/mol. The van der Waals surface area contributed by atoms with Crippen LogP contribution in [0.4, 0.5) is 5.69 Å². The van der Waals surface area contributed by atoms with Gasteiger partial charge in [-0.1, -0.05) is 24.8 Å². The average Bonchev–Trinajstić information content (AvgIpc) is 2.19. The van der Waals surface area contributed by atoms with E-state index >= 15 is 0 Å². The van der Waals surface area contributed by atoms with E-state index in [4.69, 9.17) is 11.6 Å². The maximum Gasteiger partial charge on any atom is 0.0448 e. The van der Waals surface area contributed by atoms with Crippen LogP contribution < -0.4 is 4.90 Å². The van der Waals surface area contributed by atoms with Crippen molar-refractivity contribution in [3.8, 4) is 0 Å². The highest BCUT2D eigenvalue weighted by molar-refractivity contribution is 6.19. The third-order valence-electron chi connectivity index (χ3n) is 1.85. The van der Waals surface area contributed by atoms with E-state index in [0.29, 0.717) is 5.88 Å². The lowest BCUT2D eigenvalue weighted by molar-refractivity contribution is 0.988. The Balaban J connectivity index is 2.59. The fraction of sp³-hybridized carbons (Fsp3) is 0.273. The van der Waals surface area contributed by atoms with Crippen molar-refractivity contribution < 1.29 is 0 Å². The SMILES string of the molecule is C=C(CCl)CN(C)c1ccccc1. The second kappa shape index (κ2) is 4.93. The number of halogens is 1. The molecule has 0 heterocycles. The Morgan fingerprint density at radius 1 is 1.38 bits per heavy atom. The summed E-state index contributed by atoms with van der Waals surface area (Å²) in [4.78, 5) is 2.13. The van der Waals surface area contributed by atoms with Gasteiger partial charge in [0.1, 0.15) is 0 Å². The number of nitrogens with zero attached hydrogens (tertiary/aromatic N) is 1. The van der Waals surface area contributed by atoms with E-state index in [-0.39, 0.29) is 0 Å². The first kappa shape index (κ1) is 10.1. The summed E-state index contributed by atoms with van der Waals surface area (Å²) >= 11 is 5.66. The van der Waals surface area contributed by atoms with Crippen LogP contribution >= 0.6 is 11.6 Å². The fourth-order valence-electron chi connectivity index (χ4n) is 1.15. The molecule has 1 rings (SSSR count). The first-order chi connectivity index (χ1) is 6.24. The zero-order valence-corrected chi connectivity index (χ0v) is 8.59. The van der Waals surface area contributed by atoms with Gasteiger partial charge in [-0.05, 0) is 17.7 Å². The standard InChI is InChI=1S/C11H14ClN/c1-10(8-12)9-13(2)11-6-4-3-5-7-11/h3-7H,1,8-9H2,2H3. The van der Waals surface area contributed by atoms with Gasteiger partial charge < -0.3 is 4.90 Å². The third-order valence-corrected chi connectivity index (χ3v) is 2.22. The van der Waals surface area contributed by atoms with E-state index in [1.54, 1.807) is 0 Å². The molecule has 0 amide bonds. The number of para-hydroxylation sites is 1. The molecule has 0 unspecified atom stereocenters. The van der Waals surface area contributed by atoms with E-state index in [1.807, 2.05) is 25.2 Å². The molecule has 1 aromatic rings. The number of alkyl halides is 1. The lowest BCUT2D eigenvalue weighted by atomic mass is 10.2. The van der Waals surface area contributed by atoms with E-state index in [2.05, 4.69) is 23.6 Å². The molecular weight excluding hydrogens is 182 g/mol. The summed E-state index contributed by atoms with van der Waals surface area (Å²) in [6.07, 6.45) is 0. The molecule has 0 saturated carbocycles. The van der Waals surface area contributed by atoms with E-state index < -0.39 is 0 Å². The van der Waals surface area contributed by atoms with Crippen LogP contribution in [0.5, 0.6) is 0 Å². The van der Waals surface area contributed by atoms with Crippen LogP contribution in [0.25, 0.3) is 0 Å². The minimum Gasteiger partial charge on any atom is -0.371 e.